The first-order valence-electron chi connectivity index (χ1n) is 3.95. The third kappa shape index (κ3) is 4.78. The number of halogens is 2. The van der Waals surface area contributed by atoms with Crippen molar-refractivity contribution in [2.75, 3.05) is 0 Å². The normalized spacial score (nSPS) is 16.2. The molecule has 0 aromatic rings. The highest BCUT2D eigenvalue weighted by Crippen LogP contribution is 2.26. The summed E-state index contributed by atoms with van der Waals surface area (Å²) in [6, 6.07) is 0. The summed E-state index contributed by atoms with van der Waals surface area (Å²) in [5, 5.41) is 7.50. The lowest BCUT2D eigenvalue weighted by Crippen LogP contribution is -2.12. The van der Waals surface area contributed by atoms with Gasteiger partial charge in [0.2, 0.25) is 0 Å². The van der Waals surface area contributed by atoms with Crippen LogP contribution in [0.3, 0.4) is 0 Å². The molecule has 0 aliphatic heterocycles. The average Bonchev–Trinajstić information content (AvgIpc) is 2.03. The third-order valence-electron chi connectivity index (χ3n) is 1.46. The molecule has 0 amide bonds. The zero-order chi connectivity index (χ0) is 10.5. The molecule has 0 heterocycles. The molecule has 0 aliphatic rings. The van der Waals surface area contributed by atoms with E-state index < -0.39 is 11.6 Å². The topological polar surface area (TPSA) is 36.2 Å². The van der Waals surface area contributed by atoms with Gasteiger partial charge >= 0.3 is 0 Å². The molecule has 0 bridgehead atoms. The SMILES string of the molecule is CC(F)C=N/C=C(/Cl)C(C)(C)C=N. The van der Waals surface area contributed by atoms with Gasteiger partial charge in [0.1, 0.15) is 6.17 Å². The van der Waals surface area contributed by atoms with Gasteiger partial charge in [-0.05, 0) is 20.8 Å². The van der Waals surface area contributed by atoms with Gasteiger partial charge in [-0.25, -0.2) is 4.39 Å². The number of aliphatic imine (C=N–C) groups is 1. The summed E-state index contributed by atoms with van der Waals surface area (Å²) in [6.45, 7) is 4.95. The van der Waals surface area contributed by atoms with Gasteiger partial charge in [-0.2, -0.15) is 0 Å². The lowest BCUT2D eigenvalue weighted by molar-refractivity contribution is 0.461. The van der Waals surface area contributed by atoms with Gasteiger partial charge in [0, 0.05) is 29.1 Å². The van der Waals surface area contributed by atoms with Crippen molar-refractivity contribution in [1.82, 2.24) is 0 Å². The van der Waals surface area contributed by atoms with Crippen molar-refractivity contribution in [1.29, 1.82) is 5.41 Å². The number of nitrogens with zero attached hydrogens (tertiary/aromatic N) is 1. The molecule has 13 heavy (non-hydrogen) atoms. The zero-order valence-electron chi connectivity index (χ0n) is 8.01. The number of allylic oxidation sites excluding steroid dienone is 1. The maximum atomic E-state index is 12.3. The summed E-state index contributed by atoms with van der Waals surface area (Å²) in [5.41, 5.74) is -0.529. The van der Waals surface area contributed by atoms with Crippen molar-refractivity contribution >= 4 is 24.0 Å². The largest absolute Gasteiger partial charge is 0.312 e. The Labute approximate surface area is 83.0 Å². The summed E-state index contributed by atoms with van der Waals surface area (Å²) >= 11 is 5.83. The smallest absolute Gasteiger partial charge is 0.132 e. The quantitative estimate of drug-likeness (QED) is 0.683. The predicted molar refractivity (Wildman–Crippen MR) is 55.6 cm³/mol. The van der Waals surface area contributed by atoms with E-state index in [1.165, 1.54) is 19.3 Å². The lowest BCUT2D eigenvalue weighted by Gasteiger charge is -2.16. The average molecular weight is 205 g/mol. The Morgan fingerprint density at radius 1 is 1.62 bits per heavy atom. The molecular formula is C9H14ClFN2. The summed E-state index contributed by atoms with van der Waals surface area (Å²) in [7, 11) is 0. The van der Waals surface area contributed by atoms with Gasteiger partial charge in [0.05, 0.1) is 0 Å². The monoisotopic (exact) mass is 204 g/mol. The van der Waals surface area contributed by atoms with Crippen LogP contribution in [0.25, 0.3) is 0 Å². The summed E-state index contributed by atoms with van der Waals surface area (Å²) < 4.78 is 12.3. The van der Waals surface area contributed by atoms with Crippen molar-refractivity contribution < 1.29 is 4.39 Å². The van der Waals surface area contributed by atoms with Crippen LogP contribution >= 0.6 is 11.6 Å². The minimum absolute atomic E-state index is 0.416. The van der Waals surface area contributed by atoms with E-state index in [0.717, 1.165) is 6.21 Å². The molecule has 4 heteroatoms. The molecule has 1 N–H and O–H groups in total. The van der Waals surface area contributed by atoms with Gasteiger partial charge < -0.3 is 5.41 Å². The molecule has 0 radical (unpaired) electrons. The van der Waals surface area contributed by atoms with Crippen LogP contribution in [-0.4, -0.2) is 18.6 Å². The molecule has 2 nitrogen and oxygen atoms in total. The Bertz CT molecular complexity index is 232. The molecule has 0 aliphatic carbocycles. The van der Waals surface area contributed by atoms with Crippen molar-refractivity contribution in [2.45, 2.75) is 26.9 Å². The molecule has 0 saturated carbocycles. The van der Waals surface area contributed by atoms with E-state index in [9.17, 15) is 4.39 Å². The molecule has 0 rings (SSSR count). The van der Waals surface area contributed by atoms with Gasteiger partial charge in [-0.15, -0.1) is 0 Å². The van der Waals surface area contributed by atoms with E-state index in [1.807, 2.05) is 0 Å². The number of rotatable bonds is 4. The first kappa shape index (κ1) is 12.3. The van der Waals surface area contributed by atoms with Crippen LogP contribution in [0.15, 0.2) is 16.2 Å². The fraction of sp³-hybridized carbons (Fsp3) is 0.556. The maximum Gasteiger partial charge on any atom is 0.132 e. The van der Waals surface area contributed by atoms with Gasteiger partial charge in [-0.3, -0.25) is 4.99 Å². The first-order chi connectivity index (χ1) is 5.90. The minimum atomic E-state index is -1.08. The highest BCUT2D eigenvalue weighted by molar-refractivity contribution is 6.31. The molecule has 0 fully saturated rings. The highest BCUT2D eigenvalue weighted by atomic mass is 35.5. The second-order valence-electron chi connectivity index (χ2n) is 3.32. The Kier molecular flexibility index (Phi) is 4.85. The van der Waals surface area contributed by atoms with E-state index in [-0.39, 0.29) is 0 Å². The molecular weight excluding hydrogens is 191 g/mol. The van der Waals surface area contributed by atoms with Crippen LogP contribution < -0.4 is 0 Å². The Balaban J connectivity index is 4.41. The van der Waals surface area contributed by atoms with Crippen LogP contribution in [-0.2, 0) is 0 Å². The first-order valence-corrected chi connectivity index (χ1v) is 4.33. The van der Waals surface area contributed by atoms with Gasteiger partial charge in [0.15, 0.2) is 0 Å². The predicted octanol–water partition coefficient (Wildman–Crippen LogP) is 3.17. The molecule has 0 saturated heterocycles. The fourth-order valence-electron chi connectivity index (χ4n) is 0.462. The van der Waals surface area contributed by atoms with Crippen molar-refractivity contribution in [2.24, 2.45) is 10.4 Å². The zero-order valence-corrected chi connectivity index (χ0v) is 8.77. The van der Waals surface area contributed by atoms with Crippen LogP contribution in [0.1, 0.15) is 20.8 Å². The van der Waals surface area contributed by atoms with Crippen molar-refractivity contribution in [3.8, 4) is 0 Å². The molecule has 0 spiro atoms. The Hall–Kier alpha value is -0.700. The van der Waals surface area contributed by atoms with Gasteiger partial charge in [-0.1, -0.05) is 11.6 Å². The van der Waals surface area contributed by atoms with E-state index >= 15 is 0 Å². The summed E-state index contributed by atoms with van der Waals surface area (Å²) in [4.78, 5) is 3.69. The van der Waals surface area contributed by atoms with Gasteiger partial charge in [0.25, 0.3) is 0 Å². The molecule has 74 valence electrons. The Morgan fingerprint density at radius 3 is 2.54 bits per heavy atom. The second-order valence-corrected chi connectivity index (χ2v) is 3.73. The molecule has 1 atom stereocenters. The minimum Gasteiger partial charge on any atom is -0.312 e. The van der Waals surface area contributed by atoms with E-state index in [2.05, 4.69) is 4.99 Å². The van der Waals surface area contributed by atoms with Crippen LogP contribution in [0.5, 0.6) is 0 Å². The van der Waals surface area contributed by atoms with Crippen LogP contribution in [0.4, 0.5) is 4.39 Å². The summed E-state index contributed by atoms with van der Waals surface area (Å²) in [6.07, 6.45) is 2.66. The molecule has 0 aromatic heterocycles. The number of nitrogens with one attached hydrogen (secondary N) is 1. The second kappa shape index (κ2) is 5.12. The number of alkyl halides is 1. The Morgan fingerprint density at radius 2 is 2.15 bits per heavy atom. The standard InChI is InChI=1S/C9H14ClFN2/c1-7(11)4-13-5-8(10)9(2,3)6-12/h4-7,12H,1-3H3/b8-5+,12-6?,13-4?. The van der Waals surface area contributed by atoms with Crippen LogP contribution in [0, 0.1) is 10.8 Å². The summed E-state index contributed by atoms with van der Waals surface area (Å²) in [5.74, 6) is 0. The lowest BCUT2D eigenvalue weighted by atomic mass is 9.95. The fourth-order valence-corrected chi connectivity index (χ4v) is 0.573. The third-order valence-corrected chi connectivity index (χ3v) is 2.04. The molecule has 0 aromatic carbocycles. The van der Waals surface area contributed by atoms with E-state index in [4.69, 9.17) is 17.0 Å². The van der Waals surface area contributed by atoms with Crippen LogP contribution in [0.2, 0.25) is 0 Å². The number of hydrogen-bond acceptors (Lipinski definition) is 2. The highest BCUT2D eigenvalue weighted by Gasteiger charge is 2.18. The van der Waals surface area contributed by atoms with Crippen molar-refractivity contribution in [3.63, 3.8) is 0 Å². The van der Waals surface area contributed by atoms with Crippen molar-refractivity contribution in [3.05, 3.63) is 11.2 Å². The van der Waals surface area contributed by atoms with E-state index in [1.54, 1.807) is 13.8 Å². The number of hydrogen-bond donors (Lipinski definition) is 1. The van der Waals surface area contributed by atoms with E-state index in [0.29, 0.717) is 5.03 Å². The maximum absolute atomic E-state index is 12.3. The molecule has 1 unspecified atom stereocenters.